The zero-order valence-electron chi connectivity index (χ0n) is 12.2. The Kier molecular flexibility index (Phi) is 5.66. The molecule has 1 fully saturated rings. The Morgan fingerprint density at radius 2 is 2.17 bits per heavy atom. The largest absolute Gasteiger partial charge is 0.504 e. The first kappa shape index (κ1) is 17.8. The predicted molar refractivity (Wildman–Crippen MR) is 94.3 cm³/mol. The molecule has 0 atom stereocenters. The van der Waals surface area contributed by atoms with Crippen LogP contribution in [0.5, 0.6) is 11.5 Å². The number of benzene rings is 1. The van der Waals surface area contributed by atoms with E-state index in [0.717, 1.165) is 11.8 Å². The minimum Gasteiger partial charge on any atom is -0.504 e. The summed E-state index contributed by atoms with van der Waals surface area (Å²) in [4.78, 5) is 25.2. The molecule has 6 nitrogen and oxygen atoms in total. The second kappa shape index (κ2) is 7.33. The summed E-state index contributed by atoms with van der Waals surface area (Å²) in [6.45, 7) is -0.224. The second-order valence-electron chi connectivity index (χ2n) is 4.39. The summed E-state index contributed by atoms with van der Waals surface area (Å²) in [5, 5.41) is 9.71. The Morgan fingerprint density at radius 3 is 2.78 bits per heavy atom. The van der Waals surface area contributed by atoms with E-state index in [1.165, 1.54) is 25.2 Å². The first-order valence-corrected chi connectivity index (χ1v) is 8.27. The fourth-order valence-electron chi connectivity index (χ4n) is 1.80. The summed E-state index contributed by atoms with van der Waals surface area (Å²) in [7, 11) is 2.68. The topological polar surface area (TPSA) is 76.1 Å². The van der Waals surface area contributed by atoms with Gasteiger partial charge in [-0.2, -0.15) is 0 Å². The van der Waals surface area contributed by atoms with E-state index in [0.29, 0.717) is 14.9 Å². The van der Waals surface area contributed by atoms with Crippen molar-refractivity contribution in [3.63, 3.8) is 0 Å². The van der Waals surface area contributed by atoms with Gasteiger partial charge < -0.3 is 14.6 Å². The van der Waals surface area contributed by atoms with Gasteiger partial charge in [0.2, 0.25) is 0 Å². The van der Waals surface area contributed by atoms with Crippen LogP contribution in [0.15, 0.2) is 21.5 Å². The van der Waals surface area contributed by atoms with Gasteiger partial charge in [-0.05, 0) is 23.8 Å². The highest BCUT2D eigenvalue weighted by Gasteiger charge is 2.33. The van der Waals surface area contributed by atoms with Crippen molar-refractivity contribution in [3.05, 3.63) is 27.1 Å². The molecule has 122 valence electrons. The molecule has 1 amide bonds. The van der Waals surface area contributed by atoms with Gasteiger partial charge in [0.1, 0.15) is 10.9 Å². The number of rotatable bonds is 4. The van der Waals surface area contributed by atoms with Crippen LogP contribution in [0.4, 0.5) is 0 Å². The highest BCUT2D eigenvalue weighted by molar-refractivity contribution is 9.10. The number of amides is 1. The van der Waals surface area contributed by atoms with Crippen LogP contribution in [-0.4, -0.2) is 47.0 Å². The van der Waals surface area contributed by atoms with Gasteiger partial charge in [0, 0.05) is 4.47 Å². The van der Waals surface area contributed by atoms with Crippen molar-refractivity contribution in [2.24, 2.45) is 0 Å². The summed E-state index contributed by atoms with van der Waals surface area (Å²) in [5.74, 6) is -0.654. The number of hydrogen-bond donors (Lipinski definition) is 1. The third kappa shape index (κ3) is 3.85. The third-order valence-electron chi connectivity index (χ3n) is 2.97. The van der Waals surface area contributed by atoms with Crippen molar-refractivity contribution in [1.82, 2.24) is 4.90 Å². The smallest absolute Gasteiger partial charge is 0.325 e. The summed E-state index contributed by atoms with van der Waals surface area (Å²) in [6, 6.07) is 3.06. The molecule has 0 aliphatic carbocycles. The van der Waals surface area contributed by atoms with E-state index in [4.69, 9.17) is 17.0 Å². The number of ether oxygens (including phenoxy) is 2. The summed E-state index contributed by atoms with van der Waals surface area (Å²) < 4.78 is 10.5. The standard InChI is InChI=1S/C14H12BrNO5S2/c1-20-10-3-7(8(15)5-9(10)17)4-11-13(19)16(14(22)23-11)6-12(18)21-2/h3-5,17H,6H2,1-2H3/b11-4-. The maximum atomic E-state index is 12.3. The molecule has 0 saturated carbocycles. The lowest BCUT2D eigenvalue weighted by molar-refractivity contribution is -0.143. The van der Waals surface area contributed by atoms with E-state index in [1.807, 2.05) is 0 Å². The van der Waals surface area contributed by atoms with Gasteiger partial charge in [0.05, 0.1) is 19.1 Å². The number of carbonyl (C=O) groups is 2. The molecule has 0 aromatic heterocycles. The van der Waals surface area contributed by atoms with Gasteiger partial charge in [0.25, 0.3) is 5.91 Å². The molecule has 0 radical (unpaired) electrons. The maximum Gasteiger partial charge on any atom is 0.325 e. The van der Waals surface area contributed by atoms with Crippen LogP contribution in [-0.2, 0) is 14.3 Å². The van der Waals surface area contributed by atoms with E-state index in [-0.39, 0.29) is 28.3 Å². The average Bonchev–Trinajstić information content (AvgIpc) is 2.77. The third-order valence-corrected chi connectivity index (χ3v) is 5.04. The van der Waals surface area contributed by atoms with Gasteiger partial charge in [0.15, 0.2) is 11.5 Å². The Labute approximate surface area is 150 Å². The number of thioether (sulfide) groups is 1. The number of carbonyl (C=O) groups excluding carboxylic acids is 2. The lowest BCUT2D eigenvalue weighted by atomic mass is 10.2. The van der Waals surface area contributed by atoms with Crippen LogP contribution in [0.3, 0.4) is 0 Å². The van der Waals surface area contributed by atoms with Crippen LogP contribution in [0, 0.1) is 0 Å². The van der Waals surface area contributed by atoms with E-state index in [2.05, 4.69) is 20.7 Å². The molecule has 1 aliphatic rings. The highest BCUT2D eigenvalue weighted by atomic mass is 79.9. The number of methoxy groups -OCH3 is 2. The quantitative estimate of drug-likeness (QED) is 0.458. The van der Waals surface area contributed by atoms with E-state index in [9.17, 15) is 14.7 Å². The molecule has 1 heterocycles. The average molecular weight is 418 g/mol. The van der Waals surface area contributed by atoms with Crippen molar-refractivity contribution in [1.29, 1.82) is 0 Å². The number of halogens is 1. The predicted octanol–water partition coefficient (Wildman–Crippen LogP) is 2.54. The molecule has 2 rings (SSSR count). The van der Waals surface area contributed by atoms with Gasteiger partial charge in [-0.3, -0.25) is 14.5 Å². The molecule has 0 spiro atoms. The van der Waals surface area contributed by atoms with Gasteiger partial charge in [-0.25, -0.2) is 0 Å². The Morgan fingerprint density at radius 1 is 1.48 bits per heavy atom. The van der Waals surface area contributed by atoms with Crippen LogP contribution < -0.4 is 4.74 Å². The molecule has 1 aliphatic heterocycles. The molecular formula is C14H12BrNO5S2. The first-order valence-electron chi connectivity index (χ1n) is 6.26. The Hall–Kier alpha value is -1.58. The lowest BCUT2D eigenvalue weighted by Crippen LogP contribution is -2.33. The van der Waals surface area contributed by atoms with Crippen molar-refractivity contribution in [2.45, 2.75) is 0 Å². The Balaban J connectivity index is 2.32. The van der Waals surface area contributed by atoms with Crippen LogP contribution in [0.1, 0.15) is 5.56 Å². The van der Waals surface area contributed by atoms with E-state index >= 15 is 0 Å². The molecule has 23 heavy (non-hydrogen) atoms. The lowest BCUT2D eigenvalue weighted by Gasteiger charge is -2.12. The number of phenols is 1. The van der Waals surface area contributed by atoms with Crippen LogP contribution >= 0.6 is 39.9 Å². The number of phenolic OH excluding ortho intramolecular Hbond substituents is 1. The molecule has 0 unspecified atom stereocenters. The molecule has 1 saturated heterocycles. The molecular weight excluding hydrogens is 406 g/mol. The van der Waals surface area contributed by atoms with E-state index in [1.54, 1.807) is 12.1 Å². The summed E-state index contributed by atoms with van der Waals surface area (Å²) in [5.41, 5.74) is 0.637. The molecule has 1 N–H and O–H groups in total. The molecule has 0 bridgehead atoms. The SMILES string of the molecule is COC(=O)CN1C(=O)/C(=C/c2cc(OC)c(O)cc2Br)SC1=S. The van der Waals surface area contributed by atoms with E-state index < -0.39 is 5.97 Å². The normalized spacial score (nSPS) is 16.1. The van der Waals surface area contributed by atoms with Crippen molar-refractivity contribution < 1.29 is 24.2 Å². The van der Waals surface area contributed by atoms with Crippen molar-refractivity contribution in [3.8, 4) is 11.5 Å². The zero-order chi connectivity index (χ0) is 17.1. The highest BCUT2D eigenvalue weighted by Crippen LogP contribution is 2.37. The van der Waals surface area contributed by atoms with Crippen molar-refractivity contribution in [2.75, 3.05) is 20.8 Å². The monoisotopic (exact) mass is 417 g/mol. The molecule has 1 aromatic carbocycles. The van der Waals surface area contributed by atoms with Gasteiger partial charge >= 0.3 is 5.97 Å². The minimum atomic E-state index is -0.546. The number of aromatic hydroxyl groups is 1. The molecule has 9 heteroatoms. The first-order chi connectivity index (χ1) is 10.9. The summed E-state index contributed by atoms with van der Waals surface area (Å²) in [6.07, 6.45) is 1.61. The van der Waals surface area contributed by atoms with Gasteiger partial charge in [-0.1, -0.05) is 39.9 Å². The zero-order valence-corrected chi connectivity index (χ0v) is 15.4. The number of nitrogens with zero attached hydrogens (tertiary/aromatic N) is 1. The second-order valence-corrected chi connectivity index (χ2v) is 6.92. The minimum absolute atomic E-state index is 0.0187. The van der Waals surface area contributed by atoms with Crippen LogP contribution in [0.25, 0.3) is 6.08 Å². The fraction of sp³-hybridized carbons (Fsp3) is 0.214. The maximum absolute atomic E-state index is 12.3. The van der Waals surface area contributed by atoms with Crippen molar-refractivity contribution >= 4 is 62.2 Å². The number of hydrogen-bond acceptors (Lipinski definition) is 7. The number of esters is 1. The Bertz CT molecular complexity index is 719. The molecule has 1 aromatic rings. The van der Waals surface area contributed by atoms with Crippen LogP contribution in [0.2, 0.25) is 0 Å². The number of thiocarbonyl (C=S) groups is 1. The fourth-order valence-corrected chi connectivity index (χ4v) is 3.50. The summed E-state index contributed by atoms with van der Waals surface area (Å²) >= 11 is 9.53. The van der Waals surface area contributed by atoms with Gasteiger partial charge in [-0.15, -0.1) is 0 Å².